The molecule has 21 heavy (non-hydrogen) atoms. The topological polar surface area (TPSA) is 73.9 Å². The summed E-state index contributed by atoms with van der Waals surface area (Å²) in [5, 5.41) is 2.66. The van der Waals surface area contributed by atoms with Gasteiger partial charge in [-0.05, 0) is 24.1 Å². The number of carbonyl (C=O) groups is 2. The van der Waals surface area contributed by atoms with E-state index in [1.807, 2.05) is 6.92 Å². The van der Waals surface area contributed by atoms with Gasteiger partial charge in [-0.2, -0.15) is 0 Å². The number of ether oxygens (including phenoxy) is 3. The second-order valence-electron chi connectivity index (χ2n) is 4.44. The molecule has 0 fully saturated rings. The lowest BCUT2D eigenvalue weighted by atomic mass is 10.2. The minimum atomic E-state index is -0.452. The van der Waals surface area contributed by atoms with E-state index < -0.39 is 12.1 Å². The summed E-state index contributed by atoms with van der Waals surface area (Å²) >= 11 is 0. The first kappa shape index (κ1) is 16.8. The second-order valence-corrected chi connectivity index (χ2v) is 4.44. The van der Waals surface area contributed by atoms with Crippen LogP contribution in [-0.2, 0) is 16.1 Å². The Bertz CT molecular complexity index is 487. The molecule has 116 valence electrons. The third-order valence-corrected chi connectivity index (χ3v) is 2.65. The highest BCUT2D eigenvalue weighted by atomic mass is 16.6. The molecule has 0 unspecified atom stereocenters. The standard InChI is InChI=1S/C15H21NO5/c1-4-5-8-16-15(18)20-10-12-6-7-13(21-11(2)17)14(9-12)19-3/h6-7,9H,4-5,8,10H2,1-3H3,(H,16,18). The summed E-state index contributed by atoms with van der Waals surface area (Å²) < 4.78 is 15.2. The Morgan fingerprint density at radius 1 is 1.24 bits per heavy atom. The van der Waals surface area contributed by atoms with Gasteiger partial charge < -0.3 is 19.5 Å². The lowest BCUT2D eigenvalue weighted by molar-refractivity contribution is -0.132. The molecule has 0 atom stereocenters. The van der Waals surface area contributed by atoms with Gasteiger partial charge in [-0.15, -0.1) is 0 Å². The smallest absolute Gasteiger partial charge is 0.407 e. The Hall–Kier alpha value is -2.24. The highest BCUT2D eigenvalue weighted by Gasteiger charge is 2.09. The van der Waals surface area contributed by atoms with Gasteiger partial charge in [0.15, 0.2) is 11.5 Å². The zero-order valence-electron chi connectivity index (χ0n) is 12.6. The molecule has 0 bridgehead atoms. The van der Waals surface area contributed by atoms with Gasteiger partial charge in [0, 0.05) is 13.5 Å². The summed E-state index contributed by atoms with van der Waals surface area (Å²) in [4.78, 5) is 22.4. The molecule has 1 rings (SSSR count). The Kier molecular flexibility index (Phi) is 7.08. The summed E-state index contributed by atoms with van der Waals surface area (Å²) in [6, 6.07) is 4.98. The predicted octanol–water partition coefficient (Wildman–Crippen LogP) is 2.65. The van der Waals surface area contributed by atoms with Crippen LogP contribution < -0.4 is 14.8 Å². The second kappa shape index (κ2) is 8.84. The highest BCUT2D eigenvalue weighted by Crippen LogP contribution is 2.28. The van der Waals surface area contributed by atoms with E-state index >= 15 is 0 Å². The maximum atomic E-state index is 11.4. The van der Waals surface area contributed by atoms with Crippen LogP contribution in [0.5, 0.6) is 11.5 Å². The molecule has 0 radical (unpaired) electrons. The molecule has 0 spiro atoms. The summed E-state index contributed by atoms with van der Waals surface area (Å²) in [6.07, 6.45) is 1.47. The van der Waals surface area contributed by atoms with Crippen LogP contribution in [0, 0.1) is 0 Å². The lowest BCUT2D eigenvalue weighted by Gasteiger charge is -2.11. The first-order valence-electron chi connectivity index (χ1n) is 6.82. The molecule has 1 aromatic carbocycles. The zero-order valence-corrected chi connectivity index (χ0v) is 12.6. The van der Waals surface area contributed by atoms with Crippen LogP contribution in [0.4, 0.5) is 4.79 Å². The summed E-state index contributed by atoms with van der Waals surface area (Å²) in [6.45, 7) is 4.08. The van der Waals surface area contributed by atoms with Crippen molar-refractivity contribution in [1.29, 1.82) is 0 Å². The van der Waals surface area contributed by atoms with E-state index in [2.05, 4.69) is 5.32 Å². The fraction of sp³-hybridized carbons (Fsp3) is 0.467. The minimum absolute atomic E-state index is 0.120. The Morgan fingerprint density at radius 3 is 2.62 bits per heavy atom. The van der Waals surface area contributed by atoms with Crippen molar-refractivity contribution in [3.8, 4) is 11.5 Å². The Labute approximate surface area is 124 Å². The Balaban J connectivity index is 2.56. The van der Waals surface area contributed by atoms with Crippen LogP contribution in [-0.4, -0.2) is 25.7 Å². The number of amides is 1. The van der Waals surface area contributed by atoms with Crippen LogP contribution in [0.1, 0.15) is 32.3 Å². The molecule has 0 saturated carbocycles. The van der Waals surface area contributed by atoms with Crippen molar-refractivity contribution in [3.05, 3.63) is 23.8 Å². The zero-order chi connectivity index (χ0) is 15.7. The summed E-state index contributed by atoms with van der Waals surface area (Å²) in [7, 11) is 1.48. The largest absolute Gasteiger partial charge is 0.493 e. The van der Waals surface area contributed by atoms with Gasteiger partial charge in [-0.1, -0.05) is 19.4 Å². The van der Waals surface area contributed by atoms with Crippen molar-refractivity contribution < 1.29 is 23.8 Å². The third-order valence-electron chi connectivity index (χ3n) is 2.65. The predicted molar refractivity (Wildman–Crippen MR) is 77.4 cm³/mol. The van der Waals surface area contributed by atoms with E-state index in [-0.39, 0.29) is 6.61 Å². The number of methoxy groups -OCH3 is 1. The van der Waals surface area contributed by atoms with E-state index in [0.29, 0.717) is 18.0 Å². The number of hydrogen-bond acceptors (Lipinski definition) is 5. The molecule has 0 aliphatic carbocycles. The van der Waals surface area contributed by atoms with Gasteiger partial charge in [0.25, 0.3) is 0 Å². The quantitative estimate of drug-likeness (QED) is 0.475. The molecule has 0 heterocycles. The van der Waals surface area contributed by atoms with Gasteiger partial charge in [-0.25, -0.2) is 4.79 Å². The number of nitrogens with one attached hydrogen (secondary N) is 1. The number of carbonyl (C=O) groups excluding carboxylic acids is 2. The van der Waals surface area contributed by atoms with Crippen LogP contribution in [0.15, 0.2) is 18.2 Å². The van der Waals surface area contributed by atoms with E-state index in [1.165, 1.54) is 14.0 Å². The first-order chi connectivity index (χ1) is 10.1. The van der Waals surface area contributed by atoms with E-state index in [1.54, 1.807) is 18.2 Å². The summed E-state index contributed by atoms with van der Waals surface area (Å²) in [5.41, 5.74) is 0.744. The number of unbranched alkanes of at least 4 members (excludes halogenated alkanes) is 1. The van der Waals surface area contributed by atoms with Crippen molar-refractivity contribution in [2.75, 3.05) is 13.7 Å². The molecule has 1 amide bonds. The van der Waals surface area contributed by atoms with E-state index in [4.69, 9.17) is 14.2 Å². The van der Waals surface area contributed by atoms with E-state index in [0.717, 1.165) is 18.4 Å². The lowest BCUT2D eigenvalue weighted by Crippen LogP contribution is -2.25. The first-order valence-corrected chi connectivity index (χ1v) is 6.82. The van der Waals surface area contributed by atoms with Crippen molar-refractivity contribution in [2.24, 2.45) is 0 Å². The van der Waals surface area contributed by atoms with Gasteiger partial charge in [0.05, 0.1) is 7.11 Å². The number of hydrogen-bond donors (Lipinski definition) is 1. The van der Waals surface area contributed by atoms with Gasteiger partial charge in [0.1, 0.15) is 6.61 Å². The maximum Gasteiger partial charge on any atom is 0.407 e. The van der Waals surface area contributed by atoms with Crippen LogP contribution in [0.3, 0.4) is 0 Å². The normalized spacial score (nSPS) is 9.86. The number of esters is 1. The van der Waals surface area contributed by atoms with E-state index in [9.17, 15) is 9.59 Å². The fourth-order valence-corrected chi connectivity index (χ4v) is 1.61. The molecular weight excluding hydrogens is 274 g/mol. The molecule has 0 aliphatic rings. The highest BCUT2D eigenvalue weighted by molar-refractivity contribution is 5.70. The molecule has 0 saturated heterocycles. The molecule has 6 nitrogen and oxygen atoms in total. The molecular formula is C15H21NO5. The molecule has 1 aromatic rings. The molecule has 0 aliphatic heterocycles. The van der Waals surface area contributed by atoms with Crippen molar-refractivity contribution in [1.82, 2.24) is 5.32 Å². The summed E-state index contributed by atoms with van der Waals surface area (Å²) in [5.74, 6) is 0.325. The maximum absolute atomic E-state index is 11.4. The van der Waals surface area contributed by atoms with Crippen LogP contribution in [0.25, 0.3) is 0 Å². The van der Waals surface area contributed by atoms with Gasteiger partial charge >= 0.3 is 12.1 Å². The monoisotopic (exact) mass is 295 g/mol. The van der Waals surface area contributed by atoms with Crippen molar-refractivity contribution in [2.45, 2.75) is 33.3 Å². The third kappa shape index (κ3) is 6.16. The number of benzene rings is 1. The molecule has 0 aromatic heterocycles. The number of alkyl carbamates (subject to hydrolysis) is 1. The van der Waals surface area contributed by atoms with Crippen LogP contribution >= 0.6 is 0 Å². The van der Waals surface area contributed by atoms with Crippen LogP contribution in [0.2, 0.25) is 0 Å². The SMILES string of the molecule is CCCCNC(=O)OCc1ccc(OC(C)=O)c(OC)c1. The molecule has 1 N–H and O–H groups in total. The minimum Gasteiger partial charge on any atom is -0.493 e. The average molecular weight is 295 g/mol. The Morgan fingerprint density at radius 2 is 2.00 bits per heavy atom. The van der Waals surface area contributed by atoms with Gasteiger partial charge in [0.2, 0.25) is 0 Å². The van der Waals surface area contributed by atoms with Crippen molar-refractivity contribution in [3.63, 3.8) is 0 Å². The van der Waals surface area contributed by atoms with Crippen molar-refractivity contribution >= 4 is 12.1 Å². The fourth-order valence-electron chi connectivity index (χ4n) is 1.61. The number of rotatable bonds is 7. The average Bonchev–Trinajstić information content (AvgIpc) is 2.46. The van der Waals surface area contributed by atoms with Gasteiger partial charge in [-0.3, -0.25) is 4.79 Å². The molecule has 6 heteroatoms.